The molecule has 5 N–H and O–H groups in total. The van der Waals surface area contributed by atoms with Gasteiger partial charge in [-0.2, -0.15) is 0 Å². The van der Waals surface area contributed by atoms with Gasteiger partial charge >= 0.3 is 0 Å². The molecule has 2 atom stereocenters. The minimum Gasteiger partial charge on any atom is -0.412 e. The van der Waals surface area contributed by atoms with E-state index in [1.165, 1.54) is 6.33 Å². The Morgan fingerprint density at radius 2 is 2.31 bits per heavy atom. The summed E-state index contributed by atoms with van der Waals surface area (Å²) in [6.45, 7) is 0.758. The molecule has 0 bridgehead atoms. The summed E-state index contributed by atoms with van der Waals surface area (Å²) in [5.41, 5.74) is 0.376. The van der Waals surface area contributed by atoms with Crippen LogP contribution in [-0.2, 0) is 4.74 Å². The largest absolute Gasteiger partial charge is 0.412 e. The quantitative estimate of drug-likeness (QED) is 0.541. The number of ether oxygens (including phenoxy) is 1. The van der Waals surface area contributed by atoms with Gasteiger partial charge in [-0.15, -0.1) is 0 Å². The number of rotatable bonds is 0. The van der Waals surface area contributed by atoms with Crippen LogP contribution >= 0.6 is 0 Å². The lowest BCUT2D eigenvalue weighted by Gasteiger charge is -2.37. The van der Waals surface area contributed by atoms with Gasteiger partial charge < -0.3 is 25.8 Å². The number of nitrogens with one attached hydrogen (secondary N) is 3. The van der Waals surface area contributed by atoms with E-state index in [0.29, 0.717) is 11.5 Å². The van der Waals surface area contributed by atoms with Crippen molar-refractivity contribution >= 4 is 11.5 Å². The Balaban J connectivity index is 0.000000963. The highest BCUT2D eigenvalue weighted by Gasteiger charge is 2.32. The first-order valence-corrected chi connectivity index (χ1v) is 5.07. The molecule has 7 heteroatoms. The first kappa shape index (κ1) is 10.9. The number of hydrogen-bond donors (Lipinski definition) is 3. The number of nitrogens with zero attached hydrogens (tertiary/aromatic N) is 1. The van der Waals surface area contributed by atoms with Crippen molar-refractivity contribution in [3.63, 3.8) is 0 Å². The molecular weight excluding hydrogens is 212 g/mol. The summed E-state index contributed by atoms with van der Waals surface area (Å²) in [6.07, 6.45) is 3.34. The van der Waals surface area contributed by atoms with Gasteiger partial charge in [0.1, 0.15) is 11.9 Å². The van der Waals surface area contributed by atoms with Crippen molar-refractivity contribution in [3.8, 4) is 0 Å². The molecule has 2 aliphatic rings. The van der Waals surface area contributed by atoms with Crippen LogP contribution < -0.4 is 16.2 Å². The molecule has 88 valence electrons. The fourth-order valence-corrected chi connectivity index (χ4v) is 2.03. The normalized spacial score (nSPS) is 26.5. The summed E-state index contributed by atoms with van der Waals surface area (Å²) < 4.78 is 5.55. The maximum absolute atomic E-state index is 11.5. The van der Waals surface area contributed by atoms with Crippen molar-refractivity contribution < 1.29 is 10.2 Å². The van der Waals surface area contributed by atoms with Crippen LogP contribution in [0.25, 0.3) is 0 Å². The lowest BCUT2D eigenvalue weighted by atomic mass is 10.1. The second-order valence-corrected chi connectivity index (χ2v) is 3.78. The van der Waals surface area contributed by atoms with Gasteiger partial charge in [-0.1, -0.05) is 0 Å². The van der Waals surface area contributed by atoms with Gasteiger partial charge in [0, 0.05) is 6.61 Å². The Hall–Kier alpha value is -1.60. The van der Waals surface area contributed by atoms with Crippen molar-refractivity contribution in [2.45, 2.75) is 25.1 Å². The zero-order chi connectivity index (χ0) is 10.3. The molecule has 0 amide bonds. The molecule has 1 saturated heterocycles. The van der Waals surface area contributed by atoms with E-state index in [4.69, 9.17) is 4.74 Å². The third kappa shape index (κ3) is 1.63. The van der Waals surface area contributed by atoms with Gasteiger partial charge in [-0.25, -0.2) is 4.98 Å². The van der Waals surface area contributed by atoms with Crippen molar-refractivity contribution in [2.24, 2.45) is 0 Å². The Kier molecular flexibility index (Phi) is 2.80. The number of aromatic nitrogens is 2. The molecule has 0 spiro atoms. The summed E-state index contributed by atoms with van der Waals surface area (Å²) in [4.78, 5) is 18.1. The number of fused-ring (bicyclic) bond motifs is 2. The topological polar surface area (TPSA) is 111 Å². The van der Waals surface area contributed by atoms with E-state index in [-0.39, 0.29) is 23.3 Å². The van der Waals surface area contributed by atoms with Gasteiger partial charge in [0.15, 0.2) is 5.82 Å². The highest BCUT2D eigenvalue weighted by Crippen LogP contribution is 2.27. The molecule has 0 saturated carbocycles. The summed E-state index contributed by atoms with van der Waals surface area (Å²) in [5, 5.41) is 6.30. The number of H-pyrrole nitrogens is 1. The van der Waals surface area contributed by atoms with Gasteiger partial charge in [0.05, 0.1) is 12.4 Å². The zero-order valence-electron chi connectivity index (χ0n) is 8.62. The minimum absolute atomic E-state index is 0. The van der Waals surface area contributed by atoms with E-state index in [0.717, 1.165) is 19.4 Å². The molecule has 0 aromatic carbocycles. The number of hydrogen-bond acceptors (Lipinski definition) is 5. The standard InChI is InChI=1S/C9H12N4O2.H2O/c14-8-6-7(10-4-11-8)13-9-5(12-6)2-1-3-15-9;/h4-5,9,12H,1-3H2,(H2,10,11,13,14);1H2. The summed E-state index contributed by atoms with van der Waals surface area (Å²) in [7, 11) is 0. The van der Waals surface area contributed by atoms with E-state index in [1.807, 2.05) is 0 Å². The van der Waals surface area contributed by atoms with Crippen LogP contribution in [0.5, 0.6) is 0 Å². The Morgan fingerprint density at radius 3 is 3.19 bits per heavy atom. The van der Waals surface area contributed by atoms with E-state index < -0.39 is 0 Å². The lowest BCUT2D eigenvalue weighted by molar-refractivity contribution is 0.0230. The predicted octanol–water partition coefficient (Wildman–Crippen LogP) is -0.712. The first-order valence-electron chi connectivity index (χ1n) is 5.07. The van der Waals surface area contributed by atoms with Crippen molar-refractivity contribution in [1.82, 2.24) is 9.97 Å². The number of anilines is 2. The monoisotopic (exact) mass is 226 g/mol. The summed E-state index contributed by atoms with van der Waals surface area (Å²) in [5.74, 6) is 0.571. The third-order valence-corrected chi connectivity index (χ3v) is 2.78. The smallest absolute Gasteiger partial charge is 0.276 e. The Labute approximate surface area is 91.5 Å². The second kappa shape index (κ2) is 4.11. The van der Waals surface area contributed by atoms with Crippen molar-refractivity contribution in [3.05, 3.63) is 16.7 Å². The fraction of sp³-hybridized carbons (Fsp3) is 0.556. The van der Waals surface area contributed by atoms with E-state index in [2.05, 4.69) is 20.6 Å². The zero-order valence-corrected chi connectivity index (χ0v) is 8.62. The predicted molar refractivity (Wildman–Crippen MR) is 58.5 cm³/mol. The average molecular weight is 226 g/mol. The average Bonchev–Trinajstić information content (AvgIpc) is 2.27. The lowest BCUT2D eigenvalue weighted by Crippen LogP contribution is -2.49. The molecular formula is C9H14N4O3. The molecule has 1 aromatic heterocycles. The summed E-state index contributed by atoms with van der Waals surface area (Å²) >= 11 is 0. The van der Waals surface area contributed by atoms with E-state index in [1.54, 1.807) is 0 Å². The molecule has 2 unspecified atom stereocenters. The van der Waals surface area contributed by atoms with Crippen LogP contribution in [-0.4, -0.2) is 34.3 Å². The fourth-order valence-electron chi connectivity index (χ4n) is 2.03. The summed E-state index contributed by atoms with van der Waals surface area (Å²) in [6, 6.07) is 0.163. The Bertz CT molecular complexity index is 433. The van der Waals surface area contributed by atoms with Crippen LogP contribution in [0.15, 0.2) is 11.1 Å². The molecule has 1 fully saturated rings. The highest BCUT2D eigenvalue weighted by atomic mass is 16.5. The maximum Gasteiger partial charge on any atom is 0.276 e. The number of aromatic amines is 1. The molecule has 0 aliphatic carbocycles. The first-order chi connectivity index (χ1) is 7.34. The molecule has 3 heterocycles. The molecule has 3 rings (SSSR count). The third-order valence-electron chi connectivity index (χ3n) is 2.78. The van der Waals surface area contributed by atoms with Crippen LogP contribution in [0, 0.1) is 0 Å². The minimum atomic E-state index is -0.142. The SMILES string of the molecule is O.O=c1[nH]cnc2c1NC1CCCOC1N2. The van der Waals surface area contributed by atoms with Crippen molar-refractivity contribution in [2.75, 3.05) is 17.2 Å². The highest BCUT2D eigenvalue weighted by molar-refractivity contribution is 5.66. The van der Waals surface area contributed by atoms with Crippen molar-refractivity contribution in [1.29, 1.82) is 0 Å². The molecule has 1 aromatic rings. The van der Waals surface area contributed by atoms with Crippen LogP contribution in [0.3, 0.4) is 0 Å². The van der Waals surface area contributed by atoms with Crippen LogP contribution in [0.2, 0.25) is 0 Å². The van der Waals surface area contributed by atoms with Gasteiger partial charge in [0.25, 0.3) is 5.56 Å². The van der Waals surface area contributed by atoms with E-state index >= 15 is 0 Å². The van der Waals surface area contributed by atoms with E-state index in [9.17, 15) is 4.79 Å². The maximum atomic E-state index is 11.5. The molecule has 7 nitrogen and oxygen atoms in total. The molecule has 16 heavy (non-hydrogen) atoms. The second-order valence-electron chi connectivity index (χ2n) is 3.78. The van der Waals surface area contributed by atoms with Gasteiger partial charge in [0.2, 0.25) is 0 Å². The van der Waals surface area contributed by atoms with Crippen LogP contribution in [0.1, 0.15) is 12.8 Å². The van der Waals surface area contributed by atoms with Gasteiger partial charge in [-0.05, 0) is 12.8 Å². The molecule has 2 aliphatic heterocycles. The van der Waals surface area contributed by atoms with Crippen LogP contribution in [0.4, 0.5) is 11.5 Å². The van der Waals surface area contributed by atoms with Gasteiger partial charge in [-0.3, -0.25) is 4.79 Å². The Morgan fingerprint density at radius 1 is 1.44 bits per heavy atom. The molecule has 0 radical (unpaired) electrons.